The highest BCUT2D eigenvalue weighted by atomic mass is 35.5. The van der Waals surface area contributed by atoms with Gasteiger partial charge >= 0.3 is 5.97 Å². The van der Waals surface area contributed by atoms with Gasteiger partial charge in [-0.05, 0) is 48.9 Å². The van der Waals surface area contributed by atoms with Gasteiger partial charge in [-0.25, -0.2) is 0 Å². The zero-order valence-corrected chi connectivity index (χ0v) is 11.3. The molecule has 0 bridgehead atoms. The van der Waals surface area contributed by atoms with Gasteiger partial charge < -0.3 is 9.84 Å². The zero-order valence-electron chi connectivity index (χ0n) is 10.6. The molecule has 18 heavy (non-hydrogen) atoms. The third kappa shape index (κ3) is 2.78. The molecule has 1 saturated carbocycles. The van der Waals surface area contributed by atoms with E-state index in [9.17, 15) is 4.79 Å². The molecule has 1 aliphatic rings. The molecule has 2 rings (SSSR count). The molecule has 0 radical (unpaired) electrons. The van der Waals surface area contributed by atoms with Crippen molar-refractivity contribution in [3.63, 3.8) is 0 Å². The molecular weight excluding hydrogens is 252 g/mol. The van der Waals surface area contributed by atoms with Crippen LogP contribution in [0.15, 0.2) is 12.1 Å². The first-order valence-electron chi connectivity index (χ1n) is 6.08. The fraction of sp³-hybridized carbons (Fsp3) is 0.500. The van der Waals surface area contributed by atoms with E-state index in [-0.39, 0.29) is 12.3 Å². The molecule has 1 N–H and O–H groups in total. The summed E-state index contributed by atoms with van der Waals surface area (Å²) >= 11 is 6.08. The summed E-state index contributed by atoms with van der Waals surface area (Å²) in [5.74, 6) is 0.465. The van der Waals surface area contributed by atoms with E-state index in [1.165, 1.54) is 0 Å². The van der Waals surface area contributed by atoms with Crippen molar-refractivity contribution < 1.29 is 14.6 Å². The first-order valence-corrected chi connectivity index (χ1v) is 6.46. The van der Waals surface area contributed by atoms with Crippen molar-refractivity contribution in [2.24, 2.45) is 5.92 Å². The van der Waals surface area contributed by atoms with E-state index in [4.69, 9.17) is 21.4 Å². The van der Waals surface area contributed by atoms with Crippen LogP contribution in [0, 0.1) is 12.8 Å². The Labute approximate surface area is 112 Å². The Morgan fingerprint density at radius 3 is 2.72 bits per heavy atom. The summed E-state index contributed by atoms with van der Waals surface area (Å²) in [5, 5.41) is 9.69. The van der Waals surface area contributed by atoms with Crippen LogP contribution in [0.2, 0.25) is 5.02 Å². The molecule has 1 aromatic carbocycles. The molecule has 0 spiro atoms. The standard InChI is InChI=1S/C14H17ClO3/c1-8-5-10(15)6-12(14(8)18-2)11(7-13(16)17)9-3-4-9/h5-6,9,11H,3-4,7H2,1-2H3,(H,16,17). The topological polar surface area (TPSA) is 46.5 Å². The van der Waals surface area contributed by atoms with Crippen molar-refractivity contribution in [3.8, 4) is 5.75 Å². The van der Waals surface area contributed by atoms with E-state index in [2.05, 4.69) is 0 Å². The molecule has 1 aromatic rings. The number of benzene rings is 1. The molecule has 1 fully saturated rings. The van der Waals surface area contributed by atoms with Crippen molar-refractivity contribution in [2.75, 3.05) is 7.11 Å². The highest BCUT2D eigenvalue weighted by Gasteiger charge is 2.35. The van der Waals surface area contributed by atoms with Crippen LogP contribution in [0.4, 0.5) is 0 Å². The molecule has 0 aliphatic heterocycles. The van der Waals surface area contributed by atoms with Gasteiger partial charge in [-0.3, -0.25) is 4.79 Å². The van der Waals surface area contributed by atoms with Gasteiger partial charge in [0, 0.05) is 10.9 Å². The number of rotatable bonds is 5. The second kappa shape index (κ2) is 5.19. The summed E-state index contributed by atoms with van der Waals surface area (Å²) in [4.78, 5) is 11.0. The van der Waals surface area contributed by atoms with Crippen LogP contribution >= 0.6 is 11.6 Å². The van der Waals surface area contributed by atoms with Crippen molar-refractivity contribution in [3.05, 3.63) is 28.3 Å². The van der Waals surface area contributed by atoms with Gasteiger partial charge in [0.2, 0.25) is 0 Å². The summed E-state index contributed by atoms with van der Waals surface area (Å²) in [6.45, 7) is 1.93. The Hall–Kier alpha value is -1.22. The third-order valence-electron chi connectivity index (χ3n) is 3.46. The Morgan fingerprint density at radius 2 is 2.22 bits per heavy atom. The van der Waals surface area contributed by atoms with Gasteiger partial charge in [-0.2, -0.15) is 0 Å². The van der Waals surface area contributed by atoms with Crippen molar-refractivity contribution in [1.29, 1.82) is 0 Å². The normalized spacial score (nSPS) is 16.4. The lowest BCUT2D eigenvalue weighted by Crippen LogP contribution is -2.10. The first-order chi connectivity index (χ1) is 8.52. The monoisotopic (exact) mass is 268 g/mol. The van der Waals surface area contributed by atoms with E-state index in [0.29, 0.717) is 10.9 Å². The number of aryl methyl sites for hydroxylation is 1. The molecule has 0 saturated heterocycles. The molecule has 0 amide bonds. The summed E-state index contributed by atoms with van der Waals surface area (Å²) < 4.78 is 5.42. The maximum Gasteiger partial charge on any atom is 0.303 e. The summed E-state index contributed by atoms with van der Waals surface area (Å²) in [5.41, 5.74) is 1.89. The third-order valence-corrected chi connectivity index (χ3v) is 3.68. The highest BCUT2D eigenvalue weighted by Crippen LogP contribution is 2.48. The van der Waals surface area contributed by atoms with Gasteiger partial charge in [-0.15, -0.1) is 0 Å². The summed E-state index contributed by atoms with van der Waals surface area (Å²) in [6.07, 6.45) is 2.32. The maximum atomic E-state index is 11.0. The van der Waals surface area contributed by atoms with E-state index in [1.54, 1.807) is 7.11 Å². The fourth-order valence-corrected chi connectivity index (χ4v) is 2.81. The Morgan fingerprint density at radius 1 is 1.56 bits per heavy atom. The second-order valence-corrected chi connectivity index (χ2v) is 5.32. The fourth-order valence-electron chi connectivity index (χ4n) is 2.53. The lowest BCUT2D eigenvalue weighted by molar-refractivity contribution is -0.137. The molecule has 1 unspecified atom stereocenters. The van der Waals surface area contributed by atoms with Crippen molar-refractivity contribution in [2.45, 2.75) is 32.1 Å². The van der Waals surface area contributed by atoms with Crippen LogP contribution in [-0.2, 0) is 4.79 Å². The SMILES string of the molecule is COc1c(C)cc(Cl)cc1C(CC(=O)O)C1CC1. The molecule has 0 heterocycles. The van der Waals surface area contributed by atoms with Crippen molar-refractivity contribution >= 4 is 17.6 Å². The van der Waals surface area contributed by atoms with Crippen LogP contribution in [0.5, 0.6) is 5.75 Å². The average Bonchev–Trinajstić information content (AvgIpc) is 3.08. The van der Waals surface area contributed by atoms with Gasteiger partial charge in [0.25, 0.3) is 0 Å². The molecule has 4 heteroatoms. The van der Waals surface area contributed by atoms with Crippen molar-refractivity contribution in [1.82, 2.24) is 0 Å². The minimum absolute atomic E-state index is 0.00912. The lowest BCUT2D eigenvalue weighted by atomic mass is 9.89. The van der Waals surface area contributed by atoms with Crippen LogP contribution in [0.3, 0.4) is 0 Å². The number of aliphatic carboxylic acids is 1. The number of methoxy groups -OCH3 is 1. The largest absolute Gasteiger partial charge is 0.496 e. The smallest absolute Gasteiger partial charge is 0.303 e. The number of hydrogen-bond donors (Lipinski definition) is 1. The minimum Gasteiger partial charge on any atom is -0.496 e. The van der Waals surface area contributed by atoms with E-state index < -0.39 is 5.97 Å². The van der Waals surface area contributed by atoms with Gasteiger partial charge in [0.05, 0.1) is 13.5 Å². The van der Waals surface area contributed by atoms with E-state index >= 15 is 0 Å². The molecule has 1 atom stereocenters. The number of carbonyl (C=O) groups is 1. The molecule has 98 valence electrons. The second-order valence-electron chi connectivity index (χ2n) is 4.89. The molecule has 3 nitrogen and oxygen atoms in total. The van der Waals surface area contributed by atoms with Gasteiger partial charge in [0.15, 0.2) is 0 Å². The first kappa shape index (κ1) is 13.2. The van der Waals surface area contributed by atoms with Gasteiger partial charge in [-0.1, -0.05) is 11.6 Å². The summed E-state index contributed by atoms with van der Waals surface area (Å²) in [7, 11) is 1.62. The highest BCUT2D eigenvalue weighted by molar-refractivity contribution is 6.30. The van der Waals surface area contributed by atoms with E-state index in [1.807, 2.05) is 19.1 Å². The number of carboxylic acid groups (broad SMARTS) is 1. The molecular formula is C14H17ClO3. The summed E-state index contributed by atoms with van der Waals surface area (Å²) in [6, 6.07) is 3.69. The number of halogens is 1. The Kier molecular flexibility index (Phi) is 3.81. The Bertz CT molecular complexity index is 466. The Balaban J connectivity index is 2.42. The van der Waals surface area contributed by atoms with Crippen LogP contribution in [0.25, 0.3) is 0 Å². The average molecular weight is 269 g/mol. The molecule has 1 aliphatic carbocycles. The predicted molar refractivity (Wildman–Crippen MR) is 70.5 cm³/mol. The maximum absolute atomic E-state index is 11.0. The van der Waals surface area contributed by atoms with Gasteiger partial charge in [0.1, 0.15) is 5.75 Å². The van der Waals surface area contributed by atoms with Crippen LogP contribution in [0.1, 0.15) is 36.3 Å². The zero-order chi connectivity index (χ0) is 13.3. The lowest BCUT2D eigenvalue weighted by Gasteiger charge is -2.20. The van der Waals surface area contributed by atoms with E-state index in [0.717, 1.165) is 29.7 Å². The minimum atomic E-state index is -0.772. The number of carboxylic acids is 1. The molecule has 0 aromatic heterocycles. The number of ether oxygens (including phenoxy) is 1. The van der Waals surface area contributed by atoms with Crippen LogP contribution < -0.4 is 4.74 Å². The quantitative estimate of drug-likeness (QED) is 0.887. The van der Waals surface area contributed by atoms with Crippen LogP contribution in [-0.4, -0.2) is 18.2 Å². The predicted octanol–water partition coefficient (Wildman–Crippen LogP) is 3.63. The number of hydrogen-bond acceptors (Lipinski definition) is 2.